The van der Waals surface area contributed by atoms with E-state index in [1.165, 1.54) is 0 Å². The zero-order chi connectivity index (χ0) is 19.6. The van der Waals surface area contributed by atoms with E-state index in [-0.39, 0.29) is 24.7 Å². The Kier molecular flexibility index (Phi) is 10.3. The molecule has 1 aliphatic rings. The Hall–Kier alpha value is -0.470. The molecule has 4 nitrogen and oxygen atoms in total. The number of rotatable bonds is 10. The van der Waals surface area contributed by atoms with Crippen LogP contribution in [0.15, 0.2) is 48.6 Å². The lowest BCUT2D eigenvalue weighted by Crippen LogP contribution is -2.21. The molecule has 0 aromatic heterocycles. The maximum absolute atomic E-state index is 8.98. The lowest BCUT2D eigenvalue weighted by Gasteiger charge is -2.22. The third kappa shape index (κ3) is 7.13. The van der Waals surface area contributed by atoms with Gasteiger partial charge in [0.1, 0.15) is 18.5 Å². The van der Waals surface area contributed by atoms with E-state index in [4.69, 9.17) is 30.5 Å². The van der Waals surface area contributed by atoms with Gasteiger partial charge in [0.15, 0.2) is 0 Å². The number of hydrogen-bond donors (Lipinski definition) is 1. The average molecular weight is 431 g/mol. The van der Waals surface area contributed by atoms with Crippen LogP contribution >= 0.6 is 30.5 Å². The van der Waals surface area contributed by atoms with Crippen LogP contribution < -0.4 is 4.74 Å². The second-order valence-electron chi connectivity index (χ2n) is 6.85. The minimum atomic E-state index is -0.191. The maximum atomic E-state index is 8.98. The van der Waals surface area contributed by atoms with E-state index >= 15 is 0 Å². The Morgan fingerprint density at radius 1 is 1.33 bits per heavy atom. The van der Waals surface area contributed by atoms with Gasteiger partial charge >= 0.3 is 0 Å². The molecule has 1 saturated carbocycles. The highest BCUT2D eigenvalue weighted by atomic mass is 35.5. The van der Waals surface area contributed by atoms with Gasteiger partial charge in [0.05, 0.1) is 12.7 Å². The Bertz CT molecular complexity index is 626. The van der Waals surface area contributed by atoms with Gasteiger partial charge in [0, 0.05) is 29.9 Å². The maximum Gasteiger partial charge on any atom is 0.120 e. The highest BCUT2D eigenvalue weighted by molar-refractivity contribution is 7.10. The minimum absolute atomic E-state index is 0.0784. The summed E-state index contributed by atoms with van der Waals surface area (Å²) in [5, 5.41) is 9.62. The molecule has 1 aromatic rings. The molecule has 0 heterocycles. The van der Waals surface area contributed by atoms with Crippen molar-refractivity contribution in [3.8, 4) is 5.75 Å². The molecule has 1 aromatic carbocycles. The lowest BCUT2D eigenvalue weighted by atomic mass is 9.86. The normalized spacial score (nSPS) is 26.9. The summed E-state index contributed by atoms with van der Waals surface area (Å²) >= 11 is 5.99. The molecule has 4 unspecified atom stereocenters. The van der Waals surface area contributed by atoms with Gasteiger partial charge in [-0.05, 0) is 42.9 Å². The summed E-state index contributed by atoms with van der Waals surface area (Å²) < 4.78 is 16.9. The summed E-state index contributed by atoms with van der Waals surface area (Å²) in [6, 6.07) is 7.32. The van der Waals surface area contributed by atoms with Crippen molar-refractivity contribution < 1.29 is 18.9 Å². The lowest BCUT2D eigenvalue weighted by molar-refractivity contribution is 0.179. The van der Waals surface area contributed by atoms with E-state index in [9.17, 15) is 0 Å². The largest absolute Gasteiger partial charge is 0.490 e. The van der Waals surface area contributed by atoms with E-state index in [1.807, 2.05) is 24.3 Å². The van der Waals surface area contributed by atoms with Crippen molar-refractivity contribution in [2.75, 3.05) is 13.2 Å². The topological polar surface area (TPSA) is 47.9 Å². The molecule has 1 aliphatic carbocycles. The van der Waals surface area contributed by atoms with Gasteiger partial charge in [0.25, 0.3) is 0 Å². The molecule has 27 heavy (non-hydrogen) atoms. The molecule has 2 rings (SSSR count). The van der Waals surface area contributed by atoms with Crippen LogP contribution in [0, 0.1) is 17.8 Å². The zero-order valence-electron chi connectivity index (χ0n) is 15.5. The van der Waals surface area contributed by atoms with Crippen molar-refractivity contribution in [2.45, 2.75) is 32.0 Å². The molecule has 7 atom stereocenters. The molecule has 0 saturated heterocycles. The van der Waals surface area contributed by atoms with Crippen molar-refractivity contribution >= 4 is 30.5 Å². The third-order valence-corrected chi connectivity index (χ3v) is 5.98. The number of aliphatic hydroxyl groups is 1. The van der Waals surface area contributed by atoms with E-state index in [1.54, 1.807) is 12.1 Å². The summed E-state index contributed by atoms with van der Waals surface area (Å²) in [5.41, 5.74) is 0. The Morgan fingerprint density at radius 3 is 2.81 bits per heavy atom. The fraction of sp³-hybridized carbons (Fsp3) is 0.500. The van der Waals surface area contributed by atoms with Gasteiger partial charge in [-0.2, -0.15) is 0 Å². The van der Waals surface area contributed by atoms with E-state index in [0.717, 1.165) is 18.6 Å². The molecular weight excluding hydrogens is 402 g/mol. The Morgan fingerprint density at radius 2 is 2.15 bits per heavy atom. The van der Waals surface area contributed by atoms with E-state index < -0.39 is 0 Å². The summed E-state index contributed by atoms with van der Waals surface area (Å²) in [6.45, 7) is 2.73. The monoisotopic (exact) mass is 430 g/mol. The molecule has 7 heteroatoms. The van der Waals surface area contributed by atoms with Crippen molar-refractivity contribution in [3.05, 3.63) is 53.6 Å². The second-order valence-corrected chi connectivity index (χ2v) is 7.83. The smallest absolute Gasteiger partial charge is 0.120 e. The van der Waals surface area contributed by atoms with Crippen LogP contribution in [0.5, 0.6) is 5.75 Å². The quantitative estimate of drug-likeness (QED) is 0.426. The Balaban J connectivity index is 2.00. The van der Waals surface area contributed by atoms with Gasteiger partial charge in [-0.3, -0.25) is 0 Å². The molecule has 0 spiro atoms. The number of ether oxygens (including phenoxy) is 1. The predicted molar refractivity (Wildman–Crippen MR) is 117 cm³/mol. The Labute approximate surface area is 171 Å². The summed E-state index contributed by atoms with van der Waals surface area (Å²) in [4.78, 5) is 0. The van der Waals surface area contributed by atoms with Gasteiger partial charge in [-0.15, -0.1) is 0 Å². The fourth-order valence-electron chi connectivity index (χ4n) is 3.61. The van der Waals surface area contributed by atoms with Crippen molar-refractivity contribution in [1.29, 1.82) is 0 Å². The van der Waals surface area contributed by atoms with Gasteiger partial charge in [0.2, 0.25) is 0 Å². The van der Waals surface area contributed by atoms with Crippen LogP contribution in [-0.4, -0.2) is 30.5 Å². The SMILES string of the molecule is C[C@H]1CC(OP)[C@H](/C=C/C(COc2cccc(Cl)c2)OP)[C@H]1C/C=C\CO. The molecule has 150 valence electrons. The first-order valence-electron chi connectivity index (χ1n) is 9.12. The number of allylic oxidation sites excluding steroid dienone is 1. The highest BCUT2D eigenvalue weighted by Gasteiger charge is 2.39. The second kappa shape index (κ2) is 12.2. The number of benzene rings is 1. The van der Waals surface area contributed by atoms with Crippen LogP contribution in [0.4, 0.5) is 0 Å². The fourth-order valence-corrected chi connectivity index (χ4v) is 4.25. The van der Waals surface area contributed by atoms with Crippen molar-refractivity contribution in [2.24, 2.45) is 17.8 Å². The summed E-state index contributed by atoms with van der Waals surface area (Å²) in [5.74, 6) is 2.02. The van der Waals surface area contributed by atoms with E-state index in [0.29, 0.717) is 23.5 Å². The minimum Gasteiger partial charge on any atom is -0.490 e. The first kappa shape index (κ1) is 22.8. The molecule has 0 bridgehead atoms. The molecule has 0 aliphatic heterocycles. The molecule has 1 N–H and O–H groups in total. The summed E-state index contributed by atoms with van der Waals surface area (Å²) in [6.07, 6.45) is 9.99. The van der Waals surface area contributed by atoms with Crippen molar-refractivity contribution in [3.63, 3.8) is 0 Å². The first-order valence-corrected chi connectivity index (χ1v) is 10.4. The van der Waals surface area contributed by atoms with Gasteiger partial charge in [-0.1, -0.05) is 48.9 Å². The van der Waals surface area contributed by atoms with Crippen LogP contribution in [0.2, 0.25) is 5.02 Å². The first-order chi connectivity index (χ1) is 13.1. The molecule has 0 radical (unpaired) electrons. The van der Waals surface area contributed by atoms with E-state index in [2.05, 4.69) is 38.0 Å². The molecule has 1 fully saturated rings. The van der Waals surface area contributed by atoms with Crippen LogP contribution in [-0.2, 0) is 9.05 Å². The standard InChI is InChI=1S/C20H29ClO4P2/c1-14-11-20(25-27)19(18(14)7-2-3-10-22)9-8-17(24-26)13-23-16-6-4-5-15(21)12-16/h2-6,8-9,12,14,17-20,22H,7,10-11,13,26-27H2,1H3/b3-2-,9-8+/t14-,17?,18-,19+,20?/m0/s1. The predicted octanol–water partition coefficient (Wildman–Crippen LogP) is 4.84. The van der Waals surface area contributed by atoms with Crippen molar-refractivity contribution in [1.82, 2.24) is 0 Å². The zero-order valence-corrected chi connectivity index (χ0v) is 18.6. The third-order valence-electron chi connectivity index (χ3n) is 5.05. The average Bonchev–Trinajstić information content (AvgIpc) is 2.97. The highest BCUT2D eigenvalue weighted by Crippen LogP contribution is 2.42. The van der Waals surface area contributed by atoms with Crippen LogP contribution in [0.1, 0.15) is 19.8 Å². The number of halogens is 1. The van der Waals surface area contributed by atoms with Gasteiger partial charge in [-0.25, -0.2) is 0 Å². The van der Waals surface area contributed by atoms with Crippen LogP contribution in [0.25, 0.3) is 0 Å². The number of hydrogen-bond acceptors (Lipinski definition) is 4. The van der Waals surface area contributed by atoms with Gasteiger partial charge < -0.3 is 18.9 Å². The molecule has 0 amide bonds. The molecular formula is C20H29ClO4P2. The number of aliphatic hydroxyl groups excluding tert-OH is 1. The summed E-state index contributed by atoms with van der Waals surface area (Å²) in [7, 11) is 4.71. The van der Waals surface area contributed by atoms with Crippen LogP contribution in [0.3, 0.4) is 0 Å².